The number of pyridine rings is 1. The van der Waals surface area contributed by atoms with Crippen LogP contribution in [-0.4, -0.2) is 90.9 Å². The maximum atomic E-state index is 13.2. The molecule has 1 spiro atoms. The molecule has 1 aromatic carbocycles. The Morgan fingerprint density at radius 1 is 1.16 bits per heavy atom. The van der Waals surface area contributed by atoms with Crippen molar-refractivity contribution in [2.24, 2.45) is 5.41 Å². The van der Waals surface area contributed by atoms with Gasteiger partial charge in [0.05, 0.1) is 25.0 Å². The van der Waals surface area contributed by atoms with E-state index in [-0.39, 0.29) is 29.8 Å². The molecular weight excluding hydrogens is 639 g/mol. The summed E-state index contributed by atoms with van der Waals surface area (Å²) in [6.45, 7) is 7.80. The second-order valence-electron chi connectivity index (χ2n) is 12.8. The van der Waals surface area contributed by atoms with E-state index in [2.05, 4.69) is 67.8 Å². The number of carbonyl (C=O) groups is 1. The van der Waals surface area contributed by atoms with Crippen molar-refractivity contribution in [1.29, 1.82) is 0 Å². The van der Waals surface area contributed by atoms with Gasteiger partial charge in [-0.1, -0.05) is 13.3 Å². The summed E-state index contributed by atoms with van der Waals surface area (Å²) >= 11 is 0. The first kappa shape index (κ1) is 37.9. The molecule has 1 saturated heterocycles. The smallest absolute Gasteiger partial charge is 0.345 e. The van der Waals surface area contributed by atoms with Crippen molar-refractivity contribution in [2.75, 3.05) is 51.8 Å². The highest BCUT2D eigenvalue weighted by molar-refractivity contribution is 5.79. The minimum Gasteiger partial charge on any atom is -0.496 e. The zero-order valence-electron chi connectivity index (χ0n) is 29.0. The molecule has 2 aromatic heterocycles. The molecule has 1 unspecified atom stereocenters. The number of hydrogen-bond acceptors (Lipinski definition) is 11. The van der Waals surface area contributed by atoms with Crippen LogP contribution in [0.5, 0.6) is 17.4 Å². The third-order valence-electron chi connectivity index (χ3n) is 9.26. The number of aromatic nitrogens is 4. The molecule has 1 N–H and O–H groups in total. The van der Waals surface area contributed by atoms with E-state index < -0.39 is 12.4 Å². The first-order valence-electron chi connectivity index (χ1n) is 16.8. The number of halogens is 3. The molecule has 2 aliphatic heterocycles. The van der Waals surface area contributed by atoms with E-state index in [0.29, 0.717) is 30.0 Å². The van der Waals surface area contributed by atoms with Gasteiger partial charge in [-0.3, -0.25) is 9.78 Å². The monoisotopic (exact) mass is 687 g/mol. The molecule has 2 fully saturated rings. The number of methoxy groups -OCH3 is 1. The number of benzene rings is 1. The molecular formula is C35H48F3N7O4. The third kappa shape index (κ3) is 10.3. The van der Waals surface area contributed by atoms with Gasteiger partial charge in [-0.25, -0.2) is 9.37 Å². The van der Waals surface area contributed by atoms with Crippen LogP contribution in [0, 0.1) is 11.2 Å². The molecule has 1 aliphatic carbocycles. The van der Waals surface area contributed by atoms with Gasteiger partial charge < -0.3 is 29.3 Å². The molecule has 0 bridgehead atoms. The van der Waals surface area contributed by atoms with Gasteiger partial charge in [-0.05, 0) is 77.4 Å². The van der Waals surface area contributed by atoms with E-state index in [0.717, 1.165) is 62.1 Å². The summed E-state index contributed by atoms with van der Waals surface area (Å²) in [6, 6.07) is 6.38. The number of aldehydes is 1. The lowest BCUT2D eigenvalue weighted by Crippen LogP contribution is -2.60. The number of nitrogens with one attached hydrogen (secondary N) is 1. The van der Waals surface area contributed by atoms with Crippen LogP contribution in [0.3, 0.4) is 0 Å². The predicted molar refractivity (Wildman–Crippen MR) is 180 cm³/mol. The first-order valence-corrected chi connectivity index (χ1v) is 16.8. The maximum absolute atomic E-state index is 13.2. The van der Waals surface area contributed by atoms with E-state index >= 15 is 0 Å². The molecule has 1 saturated carbocycles. The van der Waals surface area contributed by atoms with E-state index in [4.69, 9.17) is 9.47 Å². The number of nitrogens with zero attached hydrogens (tertiary/aromatic N) is 6. The second kappa shape index (κ2) is 18.2. The molecule has 1 atom stereocenters. The number of carbonyl (C=O) groups excluding carboxylic acids is 1. The molecule has 268 valence electrons. The lowest BCUT2D eigenvalue weighted by Gasteiger charge is -2.56. The van der Waals surface area contributed by atoms with Crippen molar-refractivity contribution in [3.63, 3.8) is 0 Å². The summed E-state index contributed by atoms with van der Waals surface area (Å²) in [4.78, 5) is 24.1. The highest BCUT2D eigenvalue weighted by Crippen LogP contribution is 2.50. The van der Waals surface area contributed by atoms with Gasteiger partial charge in [-0.2, -0.15) is 8.78 Å². The minimum atomic E-state index is -2.69. The third-order valence-corrected chi connectivity index (χ3v) is 9.26. The number of rotatable bonds is 12. The second-order valence-corrected chi connectivity index (χ2v) is 12.8. The Hall–Kier alpha value is -3.88. The topological polar surface area (TPSA) is 115 Å². The maximum Gasteiger partial charge on any atom is 0.345 e. The van der Waals surface area contributed by atoms with Gasteiger partial charge in [0.25, 0.3) is 5.88 Å². The van der Waals surface area contributed by atoms with Crippen LogP contribution in [0.2, 0.25) is 0 Å². The fourth-order valence-corrected chi connectivity index (χ4v) is 6.04. The zero-order chi connectivity index (χ0) is 35.4. The van der Waals surface area contributed by atoms with Crippen LogP contribution < -0.4 is 19.7 Å². The van der Waals surface area contributed by atoms with Crippen LogP contribution >= 0.6 is 0 Å². The normalized spacial score (nSPS) is 17.3. The van der Waals surface area contributed by atoms with Gasteiger partial charge in [0.2, 0.25) is 0 Å². The van der Waals surface area contributed by atoms with Crippen LogP contribution in [-0.2, 0) is 11.2 Å². The van der Waals surface area contributed by atoms with E-state index in [9.17, 15) is 18.0 Å². The van der Waals surface area contributed by atoms with Crippen molar-refractivity contribution in [2.45, 2.75) is 78.0 Å². The summed E-state index contributed by atoms with van der Waals surface area (Å²) in [5, 5.41) is 11.1. The molecule has 4 heterocycles. The van der Waals surface area contributed by atoms with Crippen molar-refractivity contribution < 1.29 is 32.2 Å². The summed E-state index contributed by atoms with van der Waals surface area (Å²) in [7, 11) is 3.76. The molecule has 11 nitrogen and oxygen atoms in total. The van der Waals surface area contributed by atoms with Gasteiger partial charge >= 0.3 is 6.61 Å². The summed E-state index contributed by atoms with van der Waals surface area (Å²) in [5.74, 6) is 1.39. The van der Waals surface area contributed by atoms with Gasteiger partial charge in [-0.15, -0.1) is 10.2 Å². The van der Waals surface area contributed by atoms with E-state index in [1.54, 1.807) is 13.3 Å². The summed E-state index contributed by atoms with van der Waals surface area (Å²) in [5.41, 5.74) is 2.64. The Kier molecular flexibility index (Phi) is 14.1. The van der Waals surface area contributed by atoms with Crippen molar-refractivity contribution in [3.8, 4) is 17.4 Å². The summed E-state index contributed by atoms with van der Waals surface area (Å²) in [6.07, 6.45) is 9.61. The Labute approximate surface area is 286 Å². The highest BCUT2D eigenvalue weighted by atomic mass is 19.3. The molecule has 3 aromatic rings. The van der Waals surface area contributed by atoms with Crippen molar-refractivity contribution >= 4 is 12.1 Å². The molecule has 49 heavy (non-hydrogen) atoms. The van der Waals surface area contributed by atoms with Crippen LogP contribution in [0.1, 0.15) is 80.5 Å². The Balaban J connectivity index is 0.000000188. The van der Waals surface area contributed by atoms with Gasteiger partial charge in [0, 0.05) is 55.3 Å². The number of fused-ring (bicyclic) bond motifs is 1. The highest BCUT2D eigenvalue weighted by Gasteiger charge is 2.48. The molecule has 14 heteroatoms. The van der Waals surface area contributed by atoms with Crippen molar-refractivity contribution in [1.82, 2.24) is 30.4 Å². The van der Waals surface area contributed by atoms with Crippen LogP contribution in [0.25, 0.3) is 0 Å². The van der Waals surface area contributed by atoms with Gasteiger partial charge in [0.15, 0.2) is 12.1 Å². The predicted octanol–water partition coefficient (Wildman–Crippen LogP) is 6.25. The fourth-order valence-electron chi connectivity index (χ4n) is 6.04. The van der Waals surface area contributed by atoms with Crippen LogP contribution in [0.15, 0.2) is 36.8 Å². The van der Waals surface area contributed by atoms with E-state index in [1.807, 2.05) is 6.07 Å². The standard InChI is InChI=1S/C16H15FN4O2.C13H18F2N2O2.C6H15N/c17-12-2-3-13(11(6-12)7-22)23-15-14(18-10-19-20-15)21-8-16(9-21)4-1-5-16;1-18-11-5-7-17-10-4-6-16-9(12(10)11)3-2-8-19-13(14)15;1-5-7(4)6(2)3/h2-3,6-7,10H,1,4-5,8-9H2;5,7,9,13,16H,2-4,6,8H2,1H3;6H,5H2,1-4H3. The average Bonchev–Trinajstić information content (AvgIpc) is 3.06. The Morgan fingerprint density at radius 2 is 1.94 bits per heavy atom. The Bertz CT molecular complexity index is 1470. The summed E-state index contributed by atoms with van der Waals surface area (Å²) < 4.78 is 52.3. The van der Waals surface area contributed by atoms with Crippen LogP contribution in [0.4, 0.5) is 19.0 Å². The van der Waals surface area contributed by atoms with Gasteiger partial charge in [0.1, 0.15) is 23.6 Å². The van der Waals surface area contributed by atoms with E-state index in [1.165, 1.54) is 37.7 Å². The SMILES string of the molecule is CCN(C)C(C)C.COc1ccnc2c1C(CCCOC(F)F)NCC2.O=Cc1cc(F)ccc1Oc1nncnc1N1CC2(CCC2)C1. The fraction of sp³-hybridized carbons (Fsp3) is 0.571. The minimum absolute atomic E-state index is 0.0633. The lowest BCUT2D eigenvalue weighted by molar-refractivity contribution is -0.129. The largest absolute Gasteiger partial charge is 0.496 e. The van der Waals surface area contributed by atoms with Crippen molar-refractivity contribution in [3.05, 3.63) is 59.4 Å². The molecule has 3 aliphatic rings. The molecule has 0 amide bonds. The first-order chi connectivity index (χ1) is 23.6. The zero-order valence-corrected chi connectivity index (χ0v) is 29.0. The number of hydrogen-bond donors (Lipinski definition) is 1. The Morgan fingerprint density at radius 3 is 2.55 bits per heavy atom. The molecule has 0 radical (unpaired) electrons. The quantitative estimate of drug-likeness (QED) is 0.172. The lowest BCUT2D eigenvalue weighted by atomic mass is 9.63. The average molecular weight is 688 g/mol. The molecule has 6 rings (SSSR count). The number of anilines is 1. The number of ether oxygens (including phenoxy) is 3. The number of alkyl halides is 2.